The highest BCUT2D eigenvalue weighted by atomic mass is 16.5. The van der Waals surface area contributed by atoms with E-state index in [0.717, 1.165) is 25.9 Å². The summed E-state index contributed by atoms with van der Waals surface area (Å²) in [5.74, 6) is 0.652. The highest BCUT2D eigenvalue weighted by molar-refractivity contribution is 5.83. The number of ether oxygens (including phenoxy) is 3. The Hall–Kier alpha value is -0.980. The van der Waals surface area contributed by atoms with Crippen LogP contribution in [0.5, 0.6) is 0 Å². The number of nitrogens with zero attached hydrogens (tertiary/aromatic N) is 1. The Morgan fingerprint density at radius 1 is 0.920 bits per heavy atom. The van der Waals surface area contributed by atoms with Gasteiger partial charge in [0.25, 0.3) is 0 Å². The number of carbonyl (C=O) groups is 2. The van der Waals surface area contributed by atoms with Gasteiger partial charge in [0.1, 0.15) is 5.78 Å². The summed E-state index contributed by atoms with van der Waals surface area (Å²) in [6.45, 7) is 10.7. The first kappa shape index (κ1) is 22.1. The Morgan fingerprint density at radius 3 is 1.96 bits per heavy atom. The minimum Gasteiger partial charge on any atom is -0.379 e. The van der Waals surface area contributed by atoms with Gasteiger partial charge in [0.05, 0.1) is 39.5 Å². The van der Waals surface area contributed by atoms with Crippen LogP contribution in [0.2, 0.25) is 0 Å². The van der Waals surface area contributed by atoms with Gasteiger partial charge in [0.2, 0.25) is 5.91 Å². The van der Waals surface area contributed by atoms with Crippen LogP contribution in [-0.2, 0) is 23.8 Å². The lowest BCUT2D eigenvalue weighted by Crippen LogP contribution is -2.41. The molecular formula is C19H35NO5. The predicted octanol–water partition coefficient (Wildman–Crippen LogP) is 2.30. The van der Waals surface area contributed by atoms with Crippen LogP contribution in [-0.4, -0.2) is 69.3 Å². The predicted molar refractivity (Wildman–Crippen MR) is 96.5 cm³/mol. The van der Waals surface area contributed by atoms with Crippen molar-refractivity contribution >= 4 is 11.7 Å². The molecular weight excluding hydrogens is 322 g/mol. The van der Waals surface area contributed by atoms with Gasteiger partial charge in [-0.3, -0.25) is 9.59 Å². The van der Waals surface area contributed by atoms with Crippen LogP contribution in [0.25, 0.3) is 0 Å². The van der Waals surface area contributed by atoms with Crippen molar-refractivity contribution in [2.24, 2.45) is 11.8 Å². The van der Waals surface area contributed by atoms with E-state index in [9.17, 15) is 9.59 Å². The molecule has 1 heterocycles. The second kappa shape index (κ2) is 13.3. The fourth-order valence-corrected chi connectivity index (χ4v) is 2.89. The van der Waals surface area contributed by atoms with E-state index in [1.54, 1.807) is 0 Å². The largest absolute Gasteiger partial charge is 0.379 e. The molecule has 1 amide bonds. The van der Waals surface area contributed by atoms with Crippen molar-refractivity contribution in [1.29, 1.82) is 0 Å². The number of piperidine rings is 1. The van der Waals surface area contributed by atoms with Crippen molar-refractivity contribution in [3.63, 3.8) is 0 Å². The standard InChI is InChI=1S/C19H35NO5/c1-4-10-23-12-14-25-15-13-24-11-7-18(21)20-8-5-17(6-9-20)19(22)16(2)3/h16-17H,4-15H2,1-3H3. The number of Topliss-reactive ketones (excluding diaryl/α,β-unsaturated/α-hetero) is 1. The molecule has 146 valence electrons. The average molecular weight is 357 g/mol. The van der Waals surface area contributed by atoms with E-state index < -0.39 is 0 Å². The Kier molecular flexibility index (Phi) is 11.7. The zero-order chi connectivity index (χ0) is 18.5. The third kappa shape index (κ3) is 9.33. The topological polar surface area (TPSA) is 65.1 Å². The molecule has 0 aromatic carbocycles. The zero-order valence-electron chi connectivity index (χ0n) is 16.1. The summed E-state index contributed by atoms with van der Waals surface area (Å²) < 4.78 is 16.1. The number of rotatable bonds is 13. The van der Waals surface area contributed by atoms with Crippen LogP contribution < -0.4 is 0 Å². The van der Waals surface area contributed by atoms with Crippen LogP contribution in [0.3, 0.4) is 0 Å². The maximum absolute atomic E-state index is 12.2. The first-order valence-electron chi connectivity index (χ1n) is 9.61. The quantitative estimate of drug-likeness (QED) is 0.473. The molecule has 0 atom stereocenters. The van der Waals surface area contributed by atoms with Crippen molar-refractivity contribution < 1.29 is 23.8 Å². The smallest absolute Gasteiger partial charge is 0.224 e. The second-order valence-electron chi connectivity index (χ2n) is 6.80. The molecule has 1 aliphatic heterocycles. The van der Waals surface area contributed by atoms with Crippen LogP contribution in [0.4, 0.5) is 0 Å². The van der Waals surface area contributed by atoms with Gasteiger partial charge in [0.15, 0.2) is 0 Å². The zero-order valence-corrected chi connectivity index (χ0v) is 16.1. The highest BCUT2D eigenvalue weighted by Crippen LogP contribution is 2.21. The molecule has 0 aromatic heterocycles. The SMILES string of the molecule is CCCOCCOCCOCCC(=O)N1CCC(C(=O)C(C)C)CC1. The van der Waals surface area contributed by atoms with Crippen molar-refractivity contribution in [2.75, 3.05) is 52.7 Å². The molecule has 6 nitrogen and oxygen atoms in total. The first-order valence-corrected chi connectivity index (χ1v) is 9.61. The summed E-state index contributed by atoms with van der Waals surface area (Å²) in [6, 6.07) is 0. The second-order valence-corrected chi connectivity index (χ2v) is 6.80. The van der Waals surface area contributed by atoms with Gasteiger partial charge < -0.3 is 19.1 Å². The number of carbonyl (C=O) groups excluding carboxylic acids is 2. The van der Waals surface area contributed by atoms with E-state index in [1.807, 2.05) is 18.7 Å². The van der Waals surface area contributed by atoms with Crippen LogP contribution in [0, 0.1) is 11.8 Å². The number of amides is 1. The highest BCUT2D eigenvalue weighted by Gasteiger charge is 2.28. The molecule has 0 saturated carbocycles. The lowest BCUT2D eigenvalue weighted by Gasteiger charge is -2.32. The third-order valence-corrected chi connectivity index (χ3v) is 4.37. The summed E-state index contributed by atoms with van der Waals surface area (Å²) in [6.07, 6.45) is 2.99. The van der Waals surface area contributed by atoms with E-state index in [0.29, 0.717) is 58.3 Å². The van der Waals surface area contributed by atoms with Crippen LogP contribution >= 0.6 is 0 Å². The molecule has 0 radical (unpaired) electrons. The Labute approximate surface area is 152 Å². The monoisotopic (exact) mass is 357 g/mol. The summed E-state index contributed by atoms with van der Waals surface area (Å²) >= 11 is 0. The molecule has 1 rings (SSSR count). The van der Waals surface area contributed by atoms with Gasteiger partial charge in [-0.15, -0.1) is 0 Å². The average Bonchev–Trinajstić information content (AvgIpc) is 2.62. The summed E-state index contributed by atoms with van der Waals surface area (Å²) in [4.78, 5) is 26.0. The fraction of sp³-hybridized carbons (Fsp3) is 0.895. The normalized spacial score (nSPS) is 15.8. The molecule has 1 fully saturated rings. The van der Waals surface area contributed by atoms with Crippen LogP contribution in [0.1, 0.15) is 46.5 Å². The summed E-state index contributed by atoms with van der Waals surface area (Å²) in [5, 5.41) is 0. The van der Waals surface area contributed by atoms with E-state index in [-0.39, 0.29) is 17.7 Å². The van der Waals surface area contributed by atoms with Gasteiger partial charge in [-0.1, -0.05) is 20.8 Å². The Morgan fingerprint density at radius 2 is 1.44 bits per heavy atom. The molecule has 0 bridgehead atoms. The lowest BCUT2D eigenvalue weighted by atomic mass is 9.87. The first-order chi connectivity index (χ1) is 12.1. The fourth-order valence-electron chi connectivity index (χ4n) is 2.89. The minimum atomic E-state index is 0.0843. The molecule has 25 heavy (non-hydrogen) atoms. The van der Waals surface area contributed by atoms with Gasteiger partial charge in [-0.25, -0.2) is 0 Å². The van der Waals surface area contributed by atoms with Crippen molar-refractivity contribution in [2.45, 2.75) is 46.5 Å². The third-order valence-electron chi connectivity index (χ3n) is 4.37. The number of hydrogen-bond acceptors (Lipinski definition) is 5. The molecule has 0 unspecified atom stereocenters. The number of ketones is 1. The number of hydrogen-bond donors (Lipinski definition) is 0. The van der Waals surface area contributed by atoms with Crippen molar-refractivity contribution in [3.8, 4) is 0 Å². The van der Waals surface area contributed by atoms with Gasteiger partial charge in [-0.05, 0) is 19.3 Å². The molecule has 0 aromatic rings. The maximum Gasteiger partial charge on any atom is 0.224 e. The maximum atomic E-state index is 12.2. The number of likely N-dealkylation sites (tertiary alicyclic amines) is 1. The van der Waals surface area contributed by atoms with Gasteiger partial charge in [-0.2, -0.15) is 0 Å². The molecule has 0 spiro atoms. The van der Waals surface area contributed by atoms with Gasteiger partial charge >= 0.3 is 0 Å². The Balaban J connectivity index is 2.00. The molecule has 0 N–H and O–H groups in total. The summed E-state index contributed by atoms with van der Waals surface area (Å²) in [5.41, 5.74) is 0. The molecule has 1 saturated heterocycles. The lowest BCUT2D eigenvalue weighted by molar-refractivity contribution is -0.136. The minimum absolute atomic E-state index is 0.0843. The van der Waals surface area contributed by atoms with Crippen molar-refractivity contribution in [3.05, 3.63) is 0 Å². The van der Waals surface area contributed by atoms with E-state index in [2.05, 4.69) is 6.92 Å². The Bertz CT molecular complexity index is 378. The molecule has 6 heteroatoms. The molecule has 1 aliphatic rings. The van der Waals surface area contributed by atoms with E-state index in [1.165, 1.54) is 0 Å². The van der Waals surface area contributed by atoms with Gasteiger partial charge in [0, 0.05) is 31.5 Å². The molecule has 0 aliphatic carbocycles. The van der Waals surface area contributed by atoms with E-state index in [4.69, 9.17) is 14.2 Å². The van der Waals surface area contributed by atoms with Crippen molar-refractivity contribution in [1.82, 2.24) is 4.90 Å². The van der Waals surface area contributed by atoms with E-state index >= 15 is 0 Å². The van der Waals surface area contributed by atoms with Crippen LogP contribution in [0.15, 0.2) is 0 Å². The summed E-state index contributed by atoms with van der Waals surface area (Å²) in [7, 11) is 0.